The molecule has 3 aromatic carbocycles. The predicted octanol–water partition coefficient (Wildman–Crippen LogP) is 6.91. The molecule has 0 aliphatic rings. The number of unbranched alkanes of at least 4 members (excludes halogenated alkanes) is 6. The van der Waals surface area contributed by atoms with E-state index < -0.39 is 0 Å². The van der Waals surface area contributed by atoms with E-state index in [0.29, 0.717) is 0 Å². The van der Waals surface area contributed by atoms with Crippen molar-refractivity contribution in [2.24, 2.45) is 0 Å². The highest BCUT2D eigenvalue weighted by Crippen LogP contribution is 2.14. The van der Waals surface area contributed by atoms with Crippen molar-refractivity contribution in [3.05, 3.63) is 72.8 Å². The highest BCUT2D eigenvalue weighted by atomic mass is 16.5. The van der Waals surface area contributed by atoms with Crippen molar-refractivity contribution >= 4 is 23.1 Å². The predicted molar refractivity (Wildman–Crippen MR) is 159 cm³/mol. The minimum absolute atomic E-state index is 0.123. The molecular weight excluding hydrogens is 455 g/mol. The van der Waals surface area contributed by atoms with E-state index in [-0.39, 0.29) is 6.71 Å². The summed E-state index contributed by atoms with van der Waals surface area (Å²) in [7, 11) is 0. The molecular formula is C33H45BO3. The highest BCUT2D eigenvalue weighted by molar-refractivity contribution is 6.95. The Balaban J connectivity index is 1.77. The summed E-state index contributed by atoms with van der Waals surface area (Å²) in [5.41, 5.74) is 3.73. The van der Waals surface area contributed by atoms with Gasteiger partial charge in [0.15, 0.2) is 0 Å². The molecule has 4 heteroatoms. The molecule has 0 aliphatic carbocycles. The van der Waals surface area contributed by atoms with Gasteiger partial charge in [-0.05, 0) is 55.7 Å². The van der Waals surface area contributed by atoms with Crippen LogP contribution >= 0.6 is 0 Å². The Morgan fingerprint density at radius 1 is 0.405 bits per heavy atom. The molecule has 0 N–H and O–H groups in total. The van der Waals surface area contributed by atoms with Crippen LogP contribution in [0.25, 0.3) is 0 Å². The maximum absolute atomic E-state index is 5.96. The molecule has 0 fully saturated rings. The Morgan fingerprint density at radius 2 is 0.676 bits per heavy atom. The molecule has 0 radical (unpaired) electrons. The maximum atomic E-state index is 5.96. The van der Waals surface area contributed by atoms with Gasteiger partial charge in [-0.2, -0.15) is 0 Å². The van der Waals surface area contributed by atoms with E-state index in [1.54, 1.807) is 0 Å². The quantitative estimate of drug-likeness (QED) is 0.140. The van der Waals surface area contributed by atoms with E-state index >= 15 is 0 Å². The number of hydrogen-bond donors (Lipinski definition) is 0. The molecule has 3 rings (SSSR count). The second-order valence-corrected chi connectivity index (χ2v) is 9.81. The van der Waals surface area contributed by atoms with E-state index in [1.165, 1.54) is 54.9 Å². The van der Waals surface area contributed by atoms with E-state index in [1.807, 2.05) is 0 Å². The highest BCUT2D eigenvalue weighted by Gasteiger charge is 2.22. The Kier molecular flexibility index (Phi) is 13.0. The number of hydrogen-bond acceptors (Lipinski definition) is 3. The molecule has 0 saturated carbocycles. The molecule has 37 heavy (non-hydrogen) atoms. The molecule has 0 spiro atoms. The van der Waals surface area contributed by atoms with Crippen LogP contribution in [0.2, 0.25) is 0 Å². The Bertz CT molecular complexity index is 852. The molecule has 0 bridgehead atoms. The summed E-state index contributed by atoms with van der Waals surface area (Å²) >= 11 is 0. The lowest BCUT2D eigenvalue weighted by Gasteiger charge is -2.17. The van der Waals surface area contributed by atoms with Crippen molar-refractivity contribution in [2.75, 3.05) is 19.8 Å². The van der Waals surface area contributed by atoms with Gasteiger partial charge >= 0.3 is 0 Å². The third kappa shape index (κ3) is 9.83. The van der Waals surface area contributed by atoms with Crippen LogP contribution in [0.3, 0.4) is 0 Å². The second kappa shape index (κ2) is 16.8. The van der Waals surface area contributed by atoms with Gasteiger partial charge in [0.05, 0.1) is 19.8 Å². The molecule has 3 nitrogen and oxygen atoms in total. The largest absolute Gasteiger partial charge is 0.494 e. The monoisotopic (exact) mass is 500 g/mol. The van der Waals surface area contributed by atoms with E-state index in [0.717, 1.165) is 56.3 Å². The molecule has 0 aromatic heterocycles. The average Bonchev–Trinajstić information content (AvgIpc) is 2.94. The third-order valence-electron chi connectivity index (χ3n) is 6.69. The van der Waals surface area contributed by atoms with Gasteiger partial charge in [-0.15, -0.1) is 0 Å². The van der Waals surface area contributed by atoms with Gasteiger partial charge < -0.3 is 14.2 Å². The van der Waals surface area contributed by atoms with Crippen molar-refractivity contribution in [3.8, 4) is 17.2 Å². The van der Waals surface area contributed by atoms with E-state index in [2.05, 4.69) is 93.6 Å². The lowest BCUT2D eigenvalue weighted by molar-refractivity contribution is 0.306. The van der Waals surface area contributed by atoms with Crippen molar-refractivity contribution in [1.29, 1.82) is 0 Å². The van der Waals surface area contributed by atoms with Crippen LogP contribution in [0.4, 0.5) is 0 Å². The minimum Gasteiger partial charge on any atom is -0.494 e. The van der Waals surface area contributed by atoms with Crippen molar-refractivity contribution < 1.29 is 14.2 Å². The fourth-order valence-corrected chi connectivity index (χ4v) is 4.47. The topological polar surface area (TPSA) is 27.7 Å². The van der Waals surface area contributed by atoms with E-state index in [9.17, 15) is 0 Å². The van der Waals surface area contributed by atoms with Crippen LogP contribution in [-0.2, 0) is 0 Å². The molecule has 0 aliphatic heterocycles. The molecule has 198 valence electrons. The van der Waals surface area contributed by atoms with Crippen molar-refractivity contribution in [3.63, 3.8) is 0 Å². The first-order valence-corrected chi connectivity index (χ1v) is 14.4. The van der Waals surface area contributed by atoms with Crippen molar-refractivity contribution in [2.45, 2.75) is 78.6 Å². The van der Waals surface area contributed by atoms with Gasteiger partial charge in [0.2, 0.25) is 6.71 Å². The van der Waals surface area contributed by atoms with Crippen LogP contribution in [0.5, 0.6) is 17.2 Å². The Hall–Kier alpha value is -2.88. The third-order valence-corrected chi connectivity index (χ3v) is 6.69. The summed E-state index contributed by atoms with van der Waals surface area (Å²) in [6, 6.07) is 25.8. The van der Waals surface area contributed by atoms with Gasteiger partial charge in [0.25, 0.3) is 0 Å². The lowest BCUT2D eigenvalue weighted by Crippen LogP contribution is -2.51. The summed E-state index contributed by atoms with van der Waals surface area (Å²) in [5.74, 6) is 2.81. The van der Waals surface area contributed by atoms with Crippen LogP contribution in [0.1, 0.15) is 78.6 Å². The van der Waals surface area contributed by atoms with Crippen LogP contribution in [0, 0.1) is 0 Å². The van der Waals surface area contributed by atoms with Crippen LogP contribution < -0.4 is 30.6 Å². The minimum atomic E-state index is 0.123. The average molecular weight is 501 g/mol. The summed E-state index contributed by atoms with van der Waals surface area (Å²) in [6.07, 6.45) is 10.5. The molecule has 0 unspecified atom stereocenters. The summed E-state index contributed by atoms with van der Waals surface area (Å²) in [6.45, 7) is 9.08. The number of benzene rings is 3. The van der Waals surface area contributed by atoms with Gasteiger partial charge in [-0.3, -0.25) is 0 Å². The Morgan fingerprint density at radius 3 is 0.919 bits per heavy atom. The fraction of sp³-hybridized carbons (Fsp3) is 0.455. The first kappa shape index (κ1) is 28.7. The number of rotatable bonds is 18. The molecule has 0 atom stereocenters. The zero-order valence-corrected chi connectivity index (χ0v) is 23.2. The molecule has 3 aromatic rings. The number of ether oxygens (including phenoxy) is 3. The van der Waals surface area contributed by atoms with Gasteiger partial charge in [0.1, 0.15) is 17.2 Å². The summed E-state index contributed by atoms with van der Waals surface area (Å²) < 4.78 is 17.9. The zero-order chi connectivity index (χ0) is 26.1. The first-order chi connectivity index (χ1) is 18.2. The van der Waals surface area contributed by atoms with Gasteiger partial charge in [-0.1, -0.05) is 112 Å². The van der Waals surface area contributed by atoms with E-state index in [4.69, 9.17) is 14.2 Å². The normalized spacial score (nSPS) is 10.8. The SMILES string of the molecule is CCCCCOc1ccc(B(c2ccc(OCCCCC)cc2)c2ccc(OCCCCC)cc2)cc1. The maximum Gasteiger partial charge on any atom is 0.241 e. The zero-order valence-electron chi connectivity index (χ0n) is 23.2. The Labute approximate surface area is 225 Å². The second-order valence-electron chi connectivity index (χ2n) is 9.81. The van der Waals surface area contributed by atoms with Crippen LogP contribution in [-0.4, -0.2) is 26.5 Å². The standard InChI is InChI=1S/C33H45BO3/c1-4-7-10-25-35-31-19-13-28(14-20-31)34(29-15-21-32(22-16-29)36-26-11-8-5-2)30-17-23-33(24-18-30)37-27-12-9-6-3/h13-24H,4-12,25-27H2,1-3H3. The van der Waals surface area contributed by atoms with Gasteiger partial charge in [-0.25, -0.2) is 0 Å². The van der Waals surface area contributed by atoms with Gasteiger partial charge in [0, 0.05) is 0 Å². The summed E-state index contributed by atoms with van der Waals surface area (Å²) in [5, 5.41) is 0. The molecule has 0 saturated heterocycles. The van der Waals surface area contributed by atoms with Crippen molar-refractivity contribution in [1.82, 2.24) is 0 Å². The molecule has 0 heterocycles. The first-order valence-electron chi connectivity index (χ1n) is 14.4. The smallest absolute Gasteiger partial charge is 0.241 e. The summed E-state index contributed by atoms with van der Waals surface area (Å²) in [4.78, 5) is 0. The fourth-order valence-electron chi connectivity index (χ4n) is 4.47. The molecule has 0 amide bonds. The lowest BCUT2D eigenvalue weighted by atomic mass is 9.37. The van der Waals surface area contributed by atoms with Crippen LogP contribution in [0.15, 0.2) is 72.8 Å².